The molecule has 1 heterocycles. The largest absolute Gasteiger partial charge is 0.496 e. The van der Waals surface area contributed by atoms with Crippen molar-refractivity contribution >= 4 is 15.9 Å². The van der Waals surface area contributed by atoms with Crippen LogP contribution in [0.1, 0.15) is 11.1 Å². The topological polar surface area (TPSA) is 24.5 Å². The fourth-order valence-electron chi connectivity index (χ4n) is 3.19. The summed E-state index contributed by atoms with van der Waals surface area (Å²) in [5.74, 6) is 0.968. The lowest BCUT2D eigenvalue weighted by Crippen LogP contribution is -2.51. The van der Waals surface area contributed by atoms with Crippen LogP contribution in [0.4, 0.5) is 0 Å². The summed E-state index contributed by atoms with van der Waals surface area (Å²) in [5, 5.41) is 3.64. The van der Waals surface area contributed by atoms with Gasteiger partial charge in [-0.25, -0.2) is 0 Å². The van der Waals surface area contributed by atoms with E-state index < -0.39 is 0 Å². The van der Waals surface area contributed by atoms with E-state index in [0.717, 1.165) is 42.8 Å². The van der Waals surface area contributed by atoms with Crippen LogP contribution in [0.3, 0.4) is 0 Å². The Hall–Kier alpha value is -1.36. The molecule has 4 heteroatoms. The third-order valence-electron chi connectivity index (χ3n) is 4.30. The van der Waals surface area contributed by atoms with Gasteiger partial charge in [0.15, 0.2) is 0 Å². The molecule has 0 unspecified atom stereocenters. The molecule has 23 heavy (non-hydrogen) atoms. The molecular formula is C19H23BrN2O. The first-order valence-corrected chi connectivity index (χ1v) is 8.86. The fourth-order valence-corrected chi connectivity index (χ4v) is 3.60. The predicted molar refractivity (Wildman–Crippen MR) is 97.9 cm³/mol. The van der Waals surface area contributed by atoms with Crippen molar-refractivity contribution in [3.8, 4) is 5.75 Å². The van der Waals surface area contributed by atoms with E-state index >= 15 is 0 Å². The summed E-state index contributed by atoms with van der Waals surface area (Å²) in [7, 11) is 1.74. The minimum atomic E-state index is 0.454. The minimum Gasteiger partial charge on any atom is -0.496 e. The van der Waals surface area contributed by atoms with E-state index in [1.807, 2.05) is 12.1 Å². The normalized spacial score (nSPS) is 18.8. The molecule has 1 aliphatic rings. The first kappa shape index (κ1) is 16.5. The number of halogens is 1. The highest BCUT2D eigenvalue weighted by molar-refractivity contribution is 9.10. The second-order valence-corrected chi connectivity index (χ2v) is 6.95. The monoisotopic (exact) mass is 374 g/mol. The lowest BCUT2D eigenvalue weighted by Gasteiger charge is -2.34. The fraction of sp³-hybridized carbons (Fsp3) is 0.368. The van der Waals surface area contributed by atoms with Crippen LogP contribution in [0.5, 0.6) is 5.75 Å². The lowest BCUT2D eigenvalue weighted by atomic mass is 10.0. The predicted octanol–water partition coefficient (Wildman–Crippen LogP) is 3.47. The third kappa shape index (κ3) is 4.56. The number of ether oxygens (including phenoxy) is 1. The minimum absolute atomic E-state index is 0.454. The summed E-state index contributed by atoms with van der Waals surface area (Å²) in [6.07, 6.45) is 0.980. The van der Waals surface area contributed by atoms with E-state index in [0.29, 0.717) is 6.04 Å². The highest BCUT2D eigenvalue weighted by Crippen LogP contribution is 2.24. The van der Waals surface area contributed by atoms with Gasteiger partial charge in [-0.3, -0.25) is 4.90 Å². The lowest BCUT2D eigenvalue weighted by molar-refractivity contribution is 0.191. The Bertz CT molecular complexity index is 633. The number of methoxy groups -OCH3 is 1. The van der Waals surface area contributed by atoms with Gasteiger partial charge in [-0.05, 0) is 35.7 Å². The Labute approximate surface area is 146 Å². The molecule has 1 fully saturated rings. The quantitative estimate of drug-likeness (QED) is 0.866. The van der Waals surface area contributed by atoms with E-state index in [-0.39, 0.29) is 0 Å². The van der Waals surface area contributed by atoms with Crippen LogP contribution >= 0.6 is 15.9 Å². The number of hydrogen-bond acceptors (Lipinski definition) is 3. The summed E-state index contributed by atoms with van der Waals surface area (Å²) in [6.45, 7) is 4.22. The van der Waals surface area contributed by atoms with Gasteiger partial charge in [-0.15, -0.1) is 0 Å². The molecule has 122 valence electrons. The Morgan fingerprint density at radius 1 is 1.22 bits per heavy atom. The van der Waals surface area contributed by atoms with E-state index in [1.54, 1.807) is 7.11 Å². The van der Waals surface area contributed by atoms with E-state index in [2.05, 4.69) is 62.5 Å². The number of rotatable bonds is 5. The highest BCUT2D eigenvalue weighted by atomic mass is 79.9. The van der Waals surface area contributed by atoms with Crippen LogP contribution in [0.25, 0.3) is 0 Å². The molecule has 2 aromatic rings. The van der Waals surface area contributed by atoms with Gasteiger partial charge in [0.2, 0.25) is 0 Å². The summed E-state index contributed by atoms with van der Waals surface area (Å²) in [6, 6.07) is 17.4. The van der Waals surface area contributed by atoms with Crippen molar-refractivity contribution in [2.24, 2.45) is 0 Å². The Kier molecular flexibility index (Phi) is 5.70. The Balaban J connectivity index is 1.64. The van der Waals surface area contributed by atoms with Crippen molar-refractivity contribution in [3.63, 3.8) is 0 Å². The van der Waals surface area contributed by atoms with Crippen LogP contribution in [-0.4, -0.2) is 37.7 Å². The van der Waals surface area contributed by atoms with Crippen molar-refractivity contribution < 1.29 is 4.74 Å². The summed E-state index contributed by atoms with van der Waals surface area (Å²) in [4.78, 5) is 2.53. The maximum absolute atomic E-state index is 5.50. The van der Waals surface area contributed by atoms with Crippen molar-refractivity contribution in [2.75, 3.05) is 26.7 Å². The zero-order valence-corrected chi connectivity index (χ0v) is 15.1. The molecule has 1 atom stereocenters. The average Bonchev–Trinajstić information content (AvgIpc) is 2.56. The standard InChI is InChI=1S/C19H23BrN2O/c1-23-19-8-7-17(20)11-16(19)12-18-14-22(10-9-21-18)13-15-5-3-2-4-6-15/h2-8,11,18,21H,9-10,12-14H2,1H3/t18-/m1/s1. The van der Waals surface area contributed by atoms with Crippen molar-refractivity contribution in [2.45, 2.75) is 19.0 Å². The maximum Gasteiger partial charge on any atom is 0.122 e. The molecule has 1 aliphatic heterocycles. The summed E-state index contributed by atoms with van der Waals surface area (Å²) < 4.78 is 6.60. The first-order valence-electron chi connectivity index (χ1n) is 8.06. The van der Waals surface area contributed by atoms with Gasteiger partial charge < -0.3 is 10.1 Å². The van der Waals surface area contributed by atoms with E-state index in [4.69, 9.17) is 4.74 Å². The smallest absolute Gasteiger partial charge is 0.122 e. The molecule has 2 aromatic carbocycles. The van der Waals surface area contributed by atoms with E-state index in [1.165, 1.54) is 11.1 Å². The molecule has 0 aliphatic carbocycles. The molecule has 0 spiro atoms. The van der Waals surface area contributed by atoms with Gasteiger partial charge in [0.1, 0.15) is 5.75 Å². The number of nitrogens with one attached hydrogen (secondary N) is 1. The van der Waals surface area contributed by atoms with Gasteiger partial charge >= 0.3 is 0 Å². The van der Waals surface area contributed by atoms with Crippen LogP contribution in [0.2, 0.25) is 0 Å². The molecule has 0 aromatic heterocycles. The van der Waals surface area contributed by atoms with Crippen LogP contribution < -0.4 is 10.1 Å². The zero-order valence-electron chi connectivity index (χ0n) is 13.5. The summed E-state index contributed by atoms with van der Waals surface area (Å²) in [5.41, 5.74) is 2.63. The molecule has 0 bridgehead atoms. The molecule has 3 nitrogen and oxygen atoms in total. The molecule has 1 N–H and O–H groups in total. The SMILES string of the molecule is COc1ccc(Br)cc1C[C@@H]1CN(Cc2ccccc2)CCN1. The van der Waals surface area contributed by atoms with Gasteiger partial charge in [-0.2, -0.15) is 0 Å². The first-order chi connectivity index (χ1) is 11.2. The Morgan fingerprint density at radius 3 is 2.83 bits per heavy atom. The van der Waals surface area contributed by atoms with Gasteiger partial charge in [0.25, 0.3) is 0 Å². The van der Waals surface area contributed by atoms with Crippen molar-refractivity contribution in [1.29, 1.82) is 0 Å². The molecule has 3 rings (SSSR count). The van der Waals surface area contributed by atoms with Crippen molar-refractivity contribution in [3.05, 3.63) is 64.1 Å². The van der Waals surface area contributed by atoms with Crippen LogP contribution in [0, 0.1) is 0 Å². The molecule has 1 saturated heterocycles. The van der Waals surface area contributed by atoms with Crippen molar-refractivity contribution in [1.82, 2.24) is 10.2 Å². The Morgan fingerprint density at radius 2 is 2.04 bits per heavy atom. The third-order valence-corrected chi connectivity index (χ3v) is 4.79. The highest BCUT2D eigenvalue weighted by Gasteiger charge is 2.21. The molecule has 0 amide bonds. The maximum atomic E-state index is 5.50. The number of nitrogens with zero attached hydrogens (tertiary/aromatic N) is 1. The van der Waals surface area contributed by atoms with E-state index in [9.17, 15) is 0 Å². The molecule has 0 radical (unpaired) electrons. The zero-order chi connectivity index (χ0) is 16.1. The number of hydrogen-bond donors (Lipinski definition) is 1. The number of piperazine rings is 1. The average molecular weight is 375 g/mol. The van der Waals surface area contributed by atoms with Crippen LogP contribution in [-0.2, 0) is 13.0 Å². The second kappa shape index (κ2) is 7.95. The van der Waals surface area contributed by atoms with Gasteiger partial charge in [0, 0.05) is 36.7 Å². The summed E-state index contributed by atoms with van der Waals surface area (Å²) >= 11 is 3.56. The molecule has 0 saturated carbocycles. The van der Waals surface area contributed by atoms with Crippen LogP contribution in [0.15, 0.2) is 53.0 Å². The number of benzene rings is 2. The second-order valence-electron chi connectivity index (χ2n) is 6.03. The molecular weight excluding hydrogens is 352 g/mol. The van der Waals surface area contributed by atoms with Gasteiger partial charge in [-0.1, -0.05) is 46.3 Å². The van der Waals surface area contributed by atoms with Gasteiger partial charge in [0.05, 0.1) is 7.11 Å².